The Labute approximate surface area is 126 Å². The lowest BCUT2D eigenvalue weighted by Gasteiger charge is -2.15. The number of hydrogen-bond donors (Lipinski definition) is 2. The summed E-state index contributed by atoms with van der Waals surface area (Å²) in [5.41, 5.74) is 2.18. The van der Waals surface area contributed by atoms with Crippen molar-refractivity contribution < 1.29 is 0 Å². The molecule has 0 amide bonds. The molecule has 5 heteroatoms. The molecule has 0 radical (unpaired) electrons. The smallest absolute Gasteiger partial charge is 0.191 e. The highest BCUT2D eigenvalue weighted by Gasteiger charge is 2.04. The van der Waals surface area contributed by atoms with Crippen molar-refractivity contribution in [2.24, 2.45) is 4.99 Å². The first-order valence-corrected chi connectivity index (χ1v) is 7.29. The van der Waals surface area contributed by atoms with Gasteiger partial charge >= 0.3 is 0 Å². The second kappa shape index (κ2) is 7.47. The molecule has 112 valence electrons. The Balaban J connectivity index is 1.94. The number of nitrogens with zero attached hydrogens (tertiary/aromatic N) is 3. The zero-order valence-electron chi connectivity index (χ0n) is 12.9. The second-order valence-corrected chi connectivity index (χ2v) is 5.01. The van der Waals surface area contributed by atoms with Gasteiger partial charge in [-0.2, -0.15) is 5.10 Å². The van der Waals surface area contributed by atoms with Gasteiger partial charge in [-0.25, -0.2) is 4.68 Å². The predicted octanol–water partition coefficient (Wildman–Crippen LogP) is 2.34. The normalized spacial score (nSPS) is 13.0. The highest BCUT2D eigenvalue weighted by atomic mass is 15.3. The molecule has 1 aromatic carbocycles. The van der Waals surface area contributed by atoms with E-state index in [0.29, 0.717) is 12.6 Å². The van der Waals surface area contributed by atoms with Crippen molar-refractivity contribution in [3.63, 3.8) is 0 Å². The molecule has 5 nitrogen and oxygen atoms in total. The maximum Gasteiger partial charge on any atom is 0.191 e. The van der Waals surface area contributed by atoms with Crippen LogP contribution in [-0.2, 0) is 6.54 Å². The van der Waals surface area contributed by atoms with E-state index in [-0.39, 0.29) is 0 Å². The Hall–Kier alpha value is -2.30. The van der Waals surface area contributed by atoms with Crippen LogP contribution in [0, 0.1) is 0 Å². The molecule has 1 aromatic heterocycles. The summed E-state index contributed by atoms with van der Waals surface area (Å²) in [4.78, 5) is 4.22. The fourth-order valence-corrected chi connectivity index (χ4v) is 1.89. The van der Waals surface area contributed by atoms with Gasteiger partial charge in [0.2, 0.25) is 0 Å². The third-order valence-electron chi connectivity index (χ3n) is 3.34. The van der Waals surface area contributed by atoms with Crippen LogP contribution in [0.3, 0.4) is 0 Å². The molecule has 0 aliphatic heterocycles. The van der Waals surface area contributed by atoms with Crippen LogP contribution in [0.25, 0.3) is 5.69 Å². The van der Waals surface area contributed by atoms with Gasteiger partial charge < -0.3 is 10.6 Å². The summed E-state index contributed by atoms with van der Waals surface area (Å²) in [6, 6.07) is 10.5. The minimum atomic E-state index is 0.406. The summed E-state index contributed by atoms with van der Waals surface area (Å²) < 4.78 is 1.88. The van der Waals surface area contributed by atoms with Crippen LogP contribution >= 0.6 is 0 Å². The van der Waals surface area contributed by atoms with E-state index in [0.717, 1.165) is 23.6 Å². The minimum Gasteiger partial charge on any atom is -0.354 e. The van der Waals surface area contributed by atoms with Crippen LogP contribution < -0.4 is 10.6 Å². The monoisotopic (exact) mass is 285 g/mol. The number of nitrogens with one attached hydrogen (secondary N) is 2. The van der Waals surface area contributed by atoms with E-state index in [1.165, 1.54) is 0 Å². The van der Waals surface area contributed by atoms with Crippen LogP contribution in [0.4, 0.5) is 0 Å². The van der Waals surface area contributed by atoms with Gasteiger partial charge in [-0.05, 0) is 25.5 Å². The van der Waals surface area contributed by atoms with E-state index >= 15 is 0 Å². The molecule has 2 N–H and O–H groups in total. The van der Waals surface area contributed by atoms with Gasteiger partial charge in [-0.1, -0.05) is 25.1 Å². The van der Waals surface area contributed by atoms with Crippen molar-refractivity contribution in [3.05, 3.63) is 48.3 Å². The molecule has 1 atom stereocenters. The van der Waals surface area contributed by atoms with E-state index in [2.05, 4.69) is 34.6 Å². The van der Waals surface area contributed by atoms with Crippen molar-refractivity contribution in [1.82, 2.24) is 20.4 Å². The molecule has 0 aliphatic rings. The van der Waals surface area contributed by atoms with Crippen LogP contribution in [0.5, 0.6) is 0 Å². The van der Waals surface area contributed by atoms with E-state index in [1.54, 1.807) is 7.05 Å². The zero-order chi connectivity index (χ0) is 15.1. The van der Waals surface area contributed by atoms with Crippen molar-refractivity contribution >= 4 is 5.96 Å². The second-order valence-electron chi connectivity index (χ2n) is 5.01. The number of para-hydroxylation sites is 1. The van der Waals surface area contributed by atoms with Gasteiger partial charge in [0, 0.05) is 31.4 Å². The lowest BCUT2D eigenvalue weighted by atomic mass is 10.3. The summed E-state index contributed by atoms with van der Waals surface area (Å²) in [5, 5.41) is 11.0. The first kappa shape index (κ1) is 15.1. The fourth-order valence-electron chi connectivity index (χ4n) is 1.89. The van der Waals surface area contributed by atoms with Gasteiger partial charge in [-0.3, -0.25) is 4.99 Å². The molecule has 2 aromatic rings. The lowest BCUT2D eigenvalue weighted by Crippen LogP contribution is -2.41. The molecule has 0 saturated carbocycles. The van der Waals surface area contributed by atoms with Gasteiger partial charge in [0.25, 0.3) is 0 Å². The minimum absolute atomic E-state index is 0.406. The summed E-state index contributed by atoms with van der Waals surface area (Å²) in [6.45, 7) is 4.98. The molecule has 2 rings (SSSR count). The number of rotatable bonds is 5. The molecule has 0 bridgehead atoms. The van der Waals surface area contributed by atoms with Gasteiger partial charge in [0.1, 0.15) is 0 Å². The number of guanidine groups is 1. The number of benzene rings is 1. The van der Waals surface area contributed by atoms with E-state index in [4.69, 9.17) is 0 Å². The average molecular weight is 285 g/mol. The quantitative estimate of drug-likeness (QED) is 0.655. The Morgan fingerprint density at radius 1 is 1.33 bits per heavy atom. The number of aliphatic imine (C=N–C) groups is 1. The maximum absolute atomic E-state index is 4.38. The number of aromatic nitrogens is 2. The van der Waals surface area contributed by atoms with Gasteiger partial charge in [0.15, 0.2) is 5.96 Å². The first-order chi connectivity index (χ1) is 10.2. The third-order valence-corrected chi connectivity index (χ3v) is 3.34. The fraction of sp³-hybridized carbons (Fsp3) is 0.375. The molecule has 21 heavy (non-hydrogen) atoms. The summed E-state index contributed by atoms with van der Waals surface area (Å²) in [7, 11) is 1.78. The SMILES string of the molecule is CCC(C)NC(=NC)NCc1cnn(-c2ccccc2)c1. The van der Waals surface area contributed by atoms with Gasteiger partial charge in [0.05, 0.1) is 11.9 Å². The zero-order valence-corrected chi connectivity index (χ0v) is 12.9. The van der Waals surface area contributed by atoms with E-state index < -0.39 is 0 Å². The Kier molecular flexibility index (Phi) is 5.37. The first-order valence-electron chi connectivity index (χ1n) is 7.29. The summed E-state index contributed by atoms with van der Waals surface area (Å²) in [5.74, 6) is 0.816. The predicted molar refractivity (Wildman–Crippen MR) is 86.7 cm³/mol. The van der Waals surface area contributed by atoms with Crippen LogP contribution in [0.2, 0.25) is 0 Å². The topological polar surface area (TPSA) is 54.2 Å². The van der Waals surface area contributed by atoms with Crippen molar-refractivity contribution in [3.8, 4) is 5.69 Å². The average Bonchev–Trinajstić information content (AvgIpc) is 3.01. The van der Waals surface area contributed by atoms with Crippen LogP contribution in [0.1, 0.15) is 25.8 Å². The van der Waals surface area contributed by atoms with Crippen molar-refractivity contribution in [1.29, 1.82) is 0 Å². The molecule has 0 spiro atoms. The van der Waals surface area contributed by atoms with Crippen LogP contribution in [0.15, 0.2) is 47.7 Å². The Morgan fingerprint density at radius 3 is 2.76 bits per heavy atom. The summed E-state index contributed by atoms with van der Waals surface area (Å²) in [6.07, 6.45) is 4.96. The third kappa shape index (κ3) is 4.34. The molecule has 0 fully saturated rings. The molecule has 0 aliphatic carbocycles. The maximum atomic E-state index is 4.38. The van der Waals surface area contributed by atoms with E-state index in [9.17, 15) is 0 Å². The van der Waals surface area contributed by atoms with E-state index in [1.807, 2.05) is 47.4 Å². The Morgan fingerprint density at radius 2 is 2.10 bits per heavy atom. The van der Waals surface area contributed by atoms with Crippen molar-refractivity contribution in [2.45, 2.75) is 32.9 Å². The molecule has 1 unspecified atom stereocenters. The molecule has 1 heterocycles. The molecular formula is C16H23N5. The standard InChI is InChI=1S/C16H23N5/c1-4-13(2)20-16(17-3)18-10-14-11-19-21(12-14)15-8-6-5-7-9-15/h5-9,11-13H,4,10H2,1-3H3,(H2,17,18,20). The highest BCUT2D eigenvalue weighted by Crippen LogP contribution is 2.07. The summed E-state index contributed by atoms with van der Waals surface area (Å²) >= 11 is 0. The highest BCUT2D eigenvalue weighted by molar-refractivity contribution is 5.79. The van der Waals surface area contributed by atoms with Gasteiger partial charge in [-0.15, -0.1) is 0 Å². The number of hydrogen-bond acceptors (Lipinski definition) is 2. The molecule has 0 saturated heterocycles. The lowest BCUT2D eigenvalue weighted by molar-refractivity contribution is 0.624. The van der Waals surface area contributed by atoms with Crippen LogP contribution in [-0.4, -0.2) is 28.8 Å². The Bertz CT molecular complexity index is 573. The largest absolute Gasteiger partial charge is 0.354 e. The van der Waals surface area contributed by atoms with Crippen molar-refractivity contribution in [2.75, 3.05) is 7.05 Å². The molecular weight excluding hydrogens is 262 g/mol.